The summed E-state index contributed by atoms with van der Waals surface area (Å²) in [6.07, 6.45) is 5.32. The van der Waals surface area contributed by atoms with Crippen molar-refractivity contribution in [2.75, 3.05) is 19.9 Å². The van der Waals surface area contributed by atoms with E-state index < -0.39 is 38.5 Å². The predicted octanol–water partition coefficient (Wildman–Crippen LogP) is 4.13. The van der Waals surface area contributed by atoms with Crippen molar-refractivity contribution in [3.8, 4) is 0 Å². The van der Waals surface area contributed by atoms with Crippen LogP contribution < -0.4 is 0 Å². The summed E-state index contributed by atoms with van der Waals surface area (Å²) in [6, 6.07) is 0. The normalized spacial score (nSPS) is 22.2. The highest BCUT2D eigenvalue weighted by molar-refractivity contribution is 7.98. The van der Waals surface area contributed by atoms with E-state index in [9.17, 15) is 34.8 Å². The van der Waals surface area contributed by atoms with E-state index in [4.69, 9.17) is 14.0 Å². The highest BCUT2D eigenvalue weighted by Crippen LogP contribution is 2.54. The summed E-state index contributed by atoms with van der Waals surface area (Å²) in [4.78, 5) is 0. The second kappa shape index (κ2) is 9.47. The van der Waals surface area contributed by atoms with E-state index in [1.54, 1.807) is 0 Å². The zero-order chi connectivity index (χ0) is 21.9. The van der Waals surface area contributed by atoms with Crippen molar-refractivity contribution in [3.63, 3.8) is 0 Å². The lowest BCUT2D eigenvalue weighted by molar-refractivity contribution is -0.243. The number of ether oxygens (including phenoxy) is 2. The number of hydrogen-bond donors (Lipinski definition) is 1. The Morgan fingerprint density at radius 1 is 0.897 bits per heavy atom. The Hall–Kier alpha value is -0.280. The topological polar surface area (TPSA) is 76.1 Å². The molecule has 2 aliphatic rings. The van der Waals surface area contributed by atoms with Crippen LogP contribution in [0.25, 0.3) is 0 Å². The van der Waals surface area contributed by atoms with Gasteiger partial charge in [-0.1, -0.05) is 19.3 Å². The summed E-state index contributed by atoms with van der Waals surface area (Å²) in [5.41, 5.74) is 0. The Balaban J connectivity index is 1.81. The monoisotopic (exact) mass is 475 g/mol. The molecule has 2 rings (SSSR count). The van der Waals surface area contributed by atoms with E-state index in [1.165, 1.54) is 0 Å². The van der Waals surface area contributed by atoms with Crippen LogP contribution in [-0.4, -0.2) is 65.8 Å². The SMILES string of the molecule is O=S(=O)(O)C(F)(F)C(F)(F)C(F)(F)SN1CCC(OCOC2CCCCC2)CC1. The van der Waals surface area contributed by atoms with Crippen molar-refractivity contribution >= 4 is 22.1 Å². The molecule has 1 aliphatic heterocycles. The van der Waals surface area contributed by atoms with Gasteiger partial charge in [0.25, 0.3) is 0 Å². The van der Waals surface area contributed by atoms with Gasteiger partial charge in [0.2, 0.25) is 0 Å². The molecule has 0 unspecified atom stereocenters. The first-order valence-corrected chi connectivity index (χ1v) is 11.3. The van der Waals surface area contributed by atoms with E-state index in [-0.39, 0.29) is 44.9 Å². The third kappa shape index (κ3) is 5.91. The van der Waals surface area contributed by atoms with Crippen LogP contribution >= 0.6 is 11.9 Å². The van der Waals surface area contributed by atoms with Crippen LogP contribution in [0.1, 0.15) is 44.9 Å². The molecular formula is C15H23F6NO5S2. The fourth-order valence-corrected chi connectivity index (χ4v) is 4.58. The van der Waals surface area contributed by atoms with E-state index >= 15 is 0 Å². The van der Waals surface area contributed by atoms with Crippen LogP contribution in [0.4, 0.5) is 26.3 Å². The highest BCUT2D eigenvalue weighted by atomic mass is 32.2. The molecule has 172 valence electrons. The number of piperidine rings is 1. The molecule has 0 atom stereocenters. The average molecular weight is 475 g/mol. The Labute approximate surface area is 169 Å². The lowest BCUT2D eigenvalue weighted by atomic mass is 9.98. The molecule has 1 aliphatic carbocycles. The summed E-state index contributed by atoms with van der Waals surface area (Å²) in [5.74, 6) is -6.32. The second-order valence-electron chi connectivity index (χ2n) is 7.01. The Bertz CT molecular complexity index is 637. The van der Waals surface area contributed by atoms with E-state index in [1.807, 2.05) is 0 Å². The van der Waals surface area contributed by atoms with Gasteiger partial charge in [-0.2, -0.15) is 34.8 Å². The van der Waals surface area contributed by atoms with Crippen molar-refractivity contribution in [1.82, 2.24) is 4.31 Å². The number of nitrogens with zero attached hydrogens (tertiary/aromatic N) is 1. The molecule has 0 radical (unpaired) electrons. The molecule has 1 saturated heterocycles. The van der Waals surface area contributed by atoms with Crippen molar-refractivity contribution in [2.45, 2.75) is 73.6 Å². The van der Waals surface area contributed by atoms with Gasteiger partial charge < -0.3 is 9.47 Å². The van der Waals surface area contributed by atoms with Gasteiger partial charge in [0, 0.05) is 25.0 Å². The zero-order valence-corrected chi connectivity index (χ0v) is 17.0. The average Bonchev–Trinajstić information content (AvgIpc) is 2.62. The summed E-state index contributed by atoms with van der Waals surface area (Å²) in [6.45, 7) is -0.305. The highest BCUT2D eigenvalue weighted by Gasteiger charge is 2.78. The van der Waals surface area contributed by atoms with Crippen LogP contribution in [0.5, 0.6) is 0 Å². The van der Waals surface area contributed by atoms with Crippen LogP contribution in [-0.2, 0) is 19.6 Å². The van der Waals surface area contributed by atoms with Gasteiger partial charge in [0.05, 0.1) is 12.2 Å². The molecule has 6 nitrogen and oxygen atoms in total. The molecule has 2 fully saturated rings. The maximum atomic E-state index is 13.8. The maximum absolute atomic E-state index is 13.8. The molecule has 0 amide bonds. The van der Waals surface area contributed by atoms with Crippen molar-refractivity contribution < 1.29 is 48.8 Å². The van der Waals surface area contributed by atoms with Crippen molar-refractivity contribution in [1.29, 1.82) is 0 Å². The predicted molar refractivity (Wildman–Crippen MR) is 92.5 cm³/mol. The van der Waals surface area contributed by atoms with Crippen LogP contribution in [0.2, 0.25) is 0 Å². The van der Waals surface area contributed by atoms with Crippen LogP contribution in [0.3, 0.4) is 0 Å². The minimum Gasteiger partial charge on any atom is -0.352 e. The van der Waals surface area contributed by atoms with Crippen LogP contribution in [0, 0.1) is 0 Å². The van der Waals surface area contributed by atoms with Crippen LogP contribution in [0.15, 0.2) is 0 Å². The standard InChI is InChI=1S/C15H23F6NO5S2/c16-13(17,15(20,21)29(23,24)25)14(18,19)28-22-8-6-12(7-9-22)27-10-26-11-4-2-1-3-5-11/h11-12H,1-10H2,(H,23,24,25). The molecule has 29 heavy (non-hydrogen) atoms. The number of rotatable bonds is 9. The number of alkyl halides is 6. The first kappa shape index (κ1) is 25.0. The number of hydrogen-bond acceptors (Lipinski definition) is 6. The van der Waals surface area contributed by atoms with Gasteiger partial charge in [0.15, 0.2) is 0 Å². The minimum atomic E-state index is -6.74. The molecule has 0 aromatic carbocycles. The summed E-state index contributed by atoms with van der Waals surface area (Å²) >= 11 is -0.871. The Morgan fingerprint density at radius 3 is 1.86 bits per heavy atom. The molecule has 1 saturated carbocycles. The van der Waals surface area contributed by atoms with E-state index in [0.29, 0.717) is 0 Å². The summed E-state index contributed by atoms with van der Waals surface area (Å²) in [7, 11) is -6.74. The maximum Gasteiger partial charge on any atom is 0.438 e. The van der Waals surface area contributed by atoms with E-state index in [2.05, 4.69) is 0 Å². The quantitative estimate of drug-likeness (QED) is 0.233. The minimum absolute atomic E-state index is 0.0251. The summed E-state index contributed by atoms with van der Waals surface area (Å²) < 4.78 is 122. The molecule has 1 N–H and O–H groups in total. The molecule has 0 aromatic heterocycles. The van der Waals surface area contributed by atoms with Gasteiger partial charge >= 0.3 is 26.5 Å². The first-order chi connectivity index (χ1) is 13.3. The van der Waals surface area contributed by atoms with E-state index in [0.717, 1.165) is 36.4 Å². The smallest absolute Gasteiger partial charge is 0.352 e. The third-order valence-corrected chi connectivity index (χ3v) is 6.87. The second-order valence-corrected chi connectivity index (χ2v) is 9.69. The molecule has 1 heterocycles. The lowest BCUT2D eigenvalue weighted by Gasteiger charge is -2.36. The Morgan fingerprint density at radius 2 is 1.38 bits per heavy atom. The zero-order valence-electron chi connectivity index (χ0n) is 15.3. The van der Waals surface area contributed by atoms with Crippen molar-refractivity contribution in [3.05, 3.63) is 0 Å². The molecule has 0 bridgehead atoms. The fraction of sp³-hybridized carbons (Fsp3) is 1.00. The fourth-order valence-electron chi connectivity index (χ4n) is 3.10. The number of halogens is 6. The Kier molecular flexibility index (Phi) is 8.16. The molecular weight excluding hydrogens is 452 g/mol. The largest absolute Gasteiger partial charge is 0.438 e. The molecule has 14 heteroatoms. The van der Waals surface area contributed by atoms with Gasteiger partial charge in [-0.15, -0.1) is 0 Å². The van der Waals surface area contributed by atoms with Gasteiger partial charge in [-0.05, 0) is 25.7 Å². The van der Waals surface area contributed by atoms with Crippen molar-refractivity contribution in [2.24, 2.45) is 0 Å². The van der Waals surface area contributed by atoms with Gasteiger partial charge in [-0.3, -0.25) is 4.55 Å². The molecule has 0 spiro atoms. The van der Waals surface area contributed by atoms with Gasteiger partial charge in [0.1, 0.15) is 6.79 Å². The first-order valence-electron chi connectivity index (χ1n) is 9.05. The summed E-state index contributed by atoms with van der Waals surface area (Å²) in [5, 5.41) is -11.8. The third-order valence-electron chi connectivity index (χ3n) is 4.86. The van der Waals surface area contributed by atoms with Gasteiger partial charge in [-0.25, -0.2) is 4.31 Å². The lowest BCUT2D eigenvalue weighted by Crippen LogP contribution is -2.57. The molecule has 0 aromatic rings.